The zero-order chi connectivity index (χ0) is 17.2. The predicted molar refractivity (Wildman–Crippen MR) is 86.1 cm³/mol. The highest BCUT2D eigenvalue weighted by molar-refractivity contribution is 6.32. The first kappa shape index (κ1) is 17.3. The molecule has 0 radical (unpaired) electrons. The van der Waals surface area contributed by atoms with Crippen molar-refractivity contribution in [1.82, 2.24) is 0 Å². The largest absolute Gasteiger partial charge is 0.489 e. The number of esters is 2. The Morgan fingerprint density at radius 2 is 1.87 bits per heavy atom. The third kappa shape index (κ3) is 4.26. The van der Waals surface area contributed by atoms with Gasteiger partial charge in [0, 0.05) is 13.8 Å². The van der Waals surface area contributed by atoms with Crippen LogP contribution in [0.3, 0.4) is 0 Å². The lowest BCUT2D eigenvalue weighted by molar-refractivity contribution is -0.222. The zero-order valence-corrected chi connectivity index (χ0v) is 14.3. The minimum atomic E-state index is -1.25. The van der Waals surface area contributed by atoms with Gasteiger partial charge in [-0.05, 0) is 37.1 Å². The van der Waals surface area contributed by atoms with E-state index in [-0.39, 0.29) is 11.7 Å². The Labute approximate surface area is 140 Å². The molecule has 0 aliphatic carbocycles. The van der Waals surface area contributed by atoms with Crippen molar-refractivity contribution in [2.24, 2.45) is 0 Å². The van der Waals surface area contributed by atoms with Crippen molar-refractivity contribution >= 4 is 29.6 Å². The van der Waals surface area contributed by atoms with E-state index >= 15 is 0 Å². The van der Waals surface area contributed by atoms with E-state index in [0.29, 0.717) is 16.3 Å². The molecule has 1 heterocycles. The second kappa shape index (κ2) is 6.62. The van der Waals surface area contributed by atoms with Crippen molar-refractivity contribution in [3.8, 4) is 5.75 Å². The Balaban J connectivity index is 2.24. The lowest BCUT2D eigenvalue weighted by atomic mass is 10.1. The van der Waals surface area contributed by atoms with Crippen molar-refractivity contribution in [1.29, 1.82) is 0 Å². The summed E-state index contributed by atoms with van der Waals surface area (Å²) in [7, 11) is 0. The highest BCUT2D eigenvalue weighted by Crippen LogP contribution is 2.29. The second-order valence-corrected chi connectivity index (χ2v) is 6.17. The molecule has 1 aliphatic heterocycles. The smallest absolute Gasteiger partial charge is 0.348 e. The van der Waals surface area contributed by atoms with E-state index in [4.69, 9.17) is 25.8 Å². The van der Waals surface area contributed by atoms with Crippen LogP contribution in [0.1, 0.15) is 39.7 Å². The first-order valence-electron chi connectivity index (χ1n) is 7.36. The van der Waals surface area contributed by atoms with Gasteiger partial charge in [-0.15, -0.1) is 0 Å². The predicted octanol–water partition coefficient (Wildman–Crippen LogP) is 3.74. The van der Waals surface area contributed by atoms with E-state index in [9.17, 15) is 9.59 Å². The number of hydrogen-bond donors (Lipinski definition) is 0. The van der Waals surface area contributed by atoms with Gasteiger partial charge in [-0.3, -0.25) is 0 Å². The third-order valence-corrected chi connectivity index (χ3v) is 3.58. The highest BCUT2D eigenvalue weighted by atomic mass is 35.5. The maximum Gasteiger partial charge on any atom is 0.348 e. The third-order valence-electron chi connectivity index (χ3n) is 3.29. The van der Waals surface area contributed by atoms with Crippen LogP contribution in [0.5, 0.6) is 5.75 Å². The summed E-state index contributed by atoms with van der Waals surface area (Å²) in [5.74, 6) is -2.14. The van der Waals surface area contributed by atoms with Crippen LogP contribution >= 0.6 is 11.6 Å². The molecule has 124 valence electrons. The molecule has 6 heteroatoms. The summed E-state index contributed by atoms with van der Waals surface area (Å²) in [6.07, 6.45) is 2.29. The first-order valence-corrected chi connectivity index (χ1v) is 7.74. The van der Waals surface area contributed by atoms with Crippen LogP contribution in [0.25, 0.3) is 6.08 Å². The van der Waals surface area contributed by atoms with Gasteiger partial charge in [0.05, 0.1) is 11.1 Å². The van der Waals surface area contributed by atoms with E-state index in [1.165, 1.54) is 19.9 Å². The van der Waals surface area contributed by atoms with E-state index in [1.807, 2.05) is 13.8 Å². The van der Waals surface area contributed by atoms with Crippen LogP contribution in [0, 0.1) is 0 Å². The lowest BCUT2D eigenvalue weighted by Gasteiger charge is -2.29. The monoisotopic (exact) mass is 338 g/mol. The molecule has 1 fully saturated rings. The second-order valence-electron chi connectivity index (χ2n) is 5.76. The van der Waals surface area contributed by atoms with Crippen LogP contribution in [0.4, 0.5) is 0 Å². The molecule has 0 amide bonds. The number of carbonyl (C=O) groups excluding carboxylic acids is 2. The van der Waals surface area contributed by atoms with Crippen molar-refractivity contribution in [3.63, 3.8) is 0 Å². The summed E-state index contributed by atoms with van der Waals surface area (Å²) in [5, 5.41) is 0.400. The summed E-state index contributed by atoms with van der Waals surface area (Å²) in [6.45, 7) is 6.95. The molecule has 2 rings (SSSR count). The Morgan fingerprint density at radius 1 is 1.26 bits per heavy atom. The summed E-state index contributed by atoms with van der Waals surface area (Å²) >= 11 is 6.18. The first-order chi connectivity index (χ1) is 10.7. The Hall–Kier alpha value is -2.01. The number of cyclic esters (lactones) is 2. The fourth-order valence-electron chi connectivity index (χ4n) is 1.95. The molecule has 0 N–H and O–H groups in total. The Bertz CT molecular complexity index is 641. The molecule has 1 aromatic rings. The normalized spacial score (nSPS) is 18.0. The topological polar surface area (TPSA) is 61.8 Å². The SMILES string of the molecule is CCC(C)Oc1ccc(C=C2C(=O)OC(C)(C)OC2=O)cc1Cl. The molecule has 0 aromatic heterocycles. The van der Waals surface area contributed by atoms with Crippen molar-refractivity contribution in [2.45, 2.75) is 46.0 Å². The van der Waals surface area contributed by atoms with E-state index < -0.39 is 17.7 Å². The van der Waals surface area contributed by atoms with Crippen molar-refractivity contribution < 1.29 is 23.8 Å². The molecule has 1 aliphatic rings. The molecule has 1 saturated heterocycles. The van der Waals surface area contributed by atoms with Gasteiger partial charge in [0.15, 0.2) is 0 Å². The van der Waals surface area contributed by atoms with Gasteiger partial charge < -0.3 is 14.2 Å². The molecular weight excluding hydrogens is 320 g/mol. The maximum absolute atomic E-state index is 11.9. The highest BCUT2D eigenvalue weighted by Gasteiger charge is 2.38. The van der Waals surface area contributed by atoms with Gasteiger partial charge in [-0.25, -0.2) is 9.59 Å². The average Bonchev–Trinajstić information content (AvgIpc) is 2.44. The molecule has 1 atom stereocenters. The van der Waals surface area contributed by atoms with Gasteiger partial charge in [-0.1, -0.05) is 24.6 Å². The number of carbonyl (C=O) groups is 2. The van der Waals surface area contributed by atoms with Crippen LogP contribution in [0.2, 0.25) is 5.02 Å². The fourth-order valence-corrected chi connectivity index (χ4v) is 2.18. The molecule has 5 nitrogen and oxygen atoms in total. The summed E-state index contributed by atoms with van der Waals surface area (Å²) in [4.78, 5) is 23.8. The molecule has 0 spiro atoms. The Kier molecular flexibility index (Phi) is 5.00. The zero-order valence-electron chi connectivity index (χ0n) is 13.5. The number of halogens is 1. The molecular formula is C17H19ClO5. The van der Waals surface area contributed by atoms with Gasteiger partial charge in [-0.2, -0.15) is 0 Å². The van der Waals surface area contributed by atoms with Crippen molar-refractivity contribution in [2.75, 3.05) is 0 Å². The number of hydrogen-bond acceptors (Lipinski definition) is 5. The standard InChI is InChI=1S/C17H19ClO5/c1-5-10(2)21-14-7-6-11(9-13(14)18)8-12-15(19)22-17(3,4)23-16(12)20/h6-10H,5H2,1-4H3. The molecule has 0 saturated carbocycles. The van der Waals surface area contributed by atoms with E-state index in [0.717, 1.165) is 6.42 Å². The molecule has 0 bridgehead atoms. The summed E-state index contributed by atoms with van der Waals surface area (Å²) in [6, 6.07) is 5.02. The fraction of sp³-hybridized carbons (Fsp3) is 0.412. The van der Waals surface area contributed by atoms with Crippen LogP contribution in [-0.4, -0.2) is 23.8 Å². The van der Waals surface area contributed by atoms with Crippen molar-refractivity contribution in [3.05, 3.63) is 34.4 Å². The van der Waals surface area contributed by atoms with Crippen LogP contribution in [0.15, 0.2) is 23.8 Å². The molecule has 1 aromatic carbocycles. The number of ether oxygens (including phenoxy) is 3. The van der Waals surface area contributed by atoms with Gasteiger partial charge in [0.1, 0.15) is 11.3 Å². The minimum Gasteiger partial charge on any atom is -0.489 e. The molecule has 1 unspecified atom stereocenters. The summed E-state index contributed by atoms with van der Waals surface area (Å²) < 4.78 is 15.8. The van der Waals surface area contributed by atoms with Crippen LogP contribution in [-0.2, 0) is 19.1 Å². The van der Waals surface area contributed by atoms with Gasteiger partial charge in [0.25, 0.3) is 5.79 Å². The average molecular weight is 339 g/mol. The van der Waals surface area contributed by atoms with Gasteiger partial charge >= 0.3 is 11.9 Å². The Morgan fingerprint density at radius 3 is 2.39 bits per heavy atom. The summed E-state index contributed by atoms with van der Waals surface area (Å²) in [5.41, 5.74) is 0.408. The number of benzene rings is 1. The quantitative estimate of drug-likeness (QED) is 0.475. The minimum absolute atomic E-state index is 0.0437. The number of rotatable bonds is 4. The van der Waals surface area contributed by atoms with Gasteiger partial charge in [0.2, 0.25) is 0 Å². The van der Waals surface area contributed by atoms with E-state index in [1.54, 1.807) is 18.2 Å². The van der Waals surface area contributed by atoms with Crippen LogP contribution < -0.4 is 4.74 Å². The lowest BCUT2D eigenvalue weighted by Crippen LogP contribution is -2.41. The van der Waals surface area contributed by atoms with E-state index in [2.05, 4.69) is 0 Å². The maximum atomic E-state index is 11.9. The molecule has 23 heavy (non-hydrogen) atoms.